The monoisotopic (exact) mass is 185 g/mol. The van der Waals surface area contributed by atoms with Crippen LogP contribution in [0.1, 0.15) is 34.1 Å². The molecule has 0 heterocycles. The second-order valence-electron chi connectivity index (χ2n) is 4.31. The smallest absolute Gasteiger partial charge is 0.290 e. The summed E-state index contributed by atoms with van der Waals surface area (Å²) in [6.07, 6.45) is 0.875. The molecule has 0 rings (SSSR count). The molecule has 0 aromatic carbocycles. The summed E-state index contributed by atoms with van der Waals surface area (Å²) in [6, 6.07) is 0. The quantitative estimate of drug-likeness (QED) is 0.624. The van der Waals surface area contributed by atoms with Crippen LogP contribution in [0.4, 0.5) is 0 Å². The van der Waals surface area contributed by atoms with Gasteiger partial charge in [0.2, 0.25) is 5.78 Å². The minimum Gasteiger partial charge on any atom is -0.339 e. The van der Waals surface area contributed by atoms with Crippen molar-refractivity contribution in [3.8, 4) is 0 Å². The Morgan fingerprint density at radius 3 is 2.00 bits per heavy atom. The molecule has 0 aromatic heterocycles. The average Bonchev–Trinajstić information content (AvgIpc) is 2.00. The van der Waals surface area contributed by atoms with Gasteiger partial charge in [0, 0.05) is 19.0 Å². The largest absolute Gasteiger partial charge is 0.339 e. The van der Waals surface area contributed by atoms with Gasteiger partial charge >= 0.3 is 0 Å². The zero-order chi connectivity index (χ0) is 10.6. The van der Waals surface area contributed by atoms with Gasteiger partial charge < -0.3 is 4.90 Å². The summed E-state index contributed by atoms with van der Waals surface area (Å²) in [7, 11) is 1.66. The maximum atomic E-state index is 11.5. The molecule has 76 valence electrons. The third kappa shape index (κ3) is 3.57. The van der Waals surface area contributed by atoms with Crippen molar-refractivity contribution in [2.24, 2.45) is 5.41 Å². The predicted octanol–water partition coefficient (Wildman–Crippen LogP) is 1.47. The maximum Gasteiger partial charge on any atom is 0.290 e. The summed E-state index contributed by atoms with van der Waals surface area (Å²) in [5.74, 6) is -0.696. The van der Waals surface area contributed by atoms with Gasteiger partial charge in [0.05, 0.1) is 0 Å². The van der Waals surface area contributed by atoms with Crippen molar-refractivity contribution < 1.29 is 9.59 Å². The van der Waals surface area contributed by atoms with Crippen LogP contribution < -0.4 is 0 Å². The zero-order valence-corrected chi connectivity index (χ0v) is 9.18. The molecule has 0 saturated heterocycles. The fourth-order valence-electron chi connectivity index (χ4n) is 0.931. The van der Waals surface area contributed by atoms with Crippen LogP contribution in [0, 0.1) is 5.41 Å². The molecule has 0 fully saturated rings. The molecule has 0 atom stereocenters. The second-order valence-corrected chi connectivity index (χ2v) is 4.31. The Morgan fingerprint density at radius 1 is 1.23 bits per heavy atom. The van der Waals surface area contributed by atoms with Crippen LogP contribution in [-0.2, 0) is 9.59 Å². The number of likely N-dealkylation sites (N-methyl/N-ethyl adjacent to an activating group) is 1. The van der Waals surface area contributed by atoms with E-state index in [1.165, 1.54) is 4.90 Å². The molecular weight excluding hydrogens is 166 g/mol. The topological polar surface area (TPSA) is 37.4 Å². The molecule has 3 nitrogen and oxygen atoms in total. The van der Waals surface area contributed by atoms with Gasteiger partial charge in [0.25, 0.3) is 5.91 Å². The third-order valence-corrected chi connectivity index (χ3v) is 1.78. The van der Waals surface area contributed by atoms with E-state index in [9.17, 15) is 9.59 Å². The van der Waals surface area contributed by atoms with E-state index >= 15 is 0 Å². The van der Waals surface area contributed by atoms with Gasteiger partial charge in [-0.3, -0.25) is 9.59 Å². The summed E-state index contributed by atoms with van der Waals surface area (Å²) in [4.78, 5) is 24.4. The predicted molar refractivity (Wildman–Crippen MR) is 52.4 cm³/mol. The van der Waals surface area contributed by atoms with Crippen LogP contribution in [0.25, 0.3) is 0 Å². The molecule has 0 bridgehead atoms. The van der Waals surface area contributed by atoms with Crippen LogP contribution in [0.3, 0.4) is 0 Å². The second kappa shape index (κ2) is 4.40. The molecular formula is C10H19NO2. The third-order valence-electron chi connectivity index (χ3n) is 1.78. The number of rotatable bonds is 3. The fraction of sp³-hybridized carbons (Fsp3) is 0.800. The molecule has 3 heteroatoms. The van der Waals surface area contributed by atoms with E-state index in [0.29, 0.717) is 6.54 Å². The Morgan fingerprint density at radius 2 is 1.69 bits per heavy atom. The van der Waals surface area contributed by atoms with Crippen molar-refractivity contribution >= 4 is 11.7 Å². The molecule has 0 saturated carbocycles. The Labute approximate surface area is 80.1 Å². The first kappa shape index (κ1) is 12.1. The Bertz CT molecular complexity index is 203. The van der Waals surface area contributed by atoms with Crippen molar-refractivity contribution in [2.45, 2.75) is 34.1 Å². The molecule has 0 N–H and O–H groups in total. The lowest BCUT2D eigenvalue weighted by Gasteiger charge is -2.21. The van der Waals surface area contributed by atoms with Gasteiger partial charge in [-0.25, -0.2) is 0 Å². The molecule has 1 amide bonds. The van der Waals surface area contributed by atoms with E-state index in [1.54, 1.807) is 27.8 Å². The number of hydrogen-bond donors (Lipinski definition) is 0. The Balaban J connectivity index is 4.35. The zero-order valence-electron chi connectivity index (χ0n) is 9.18. The molecule has 0 unspecified atom stereocenters. The highest BCUT2D eigenvalue weighted by molar-refractivity contribution is 6.37. The molecule has 0 aliphatic rings. The number of ketones is 1. The molecule has 0 radical (unpaired) electrons. The summed E-state index contributed by atoms with van der Waals surface area (Å²) in [5, 5.41) is 0. The molecule has 13 heavy (non-hydrogen) atoms. The molecule has 0 spiro atoms. The lowest BCUT2D eigenvalue weighted by atomic mass is 9.90. The van der Waals surface area contributed by atoms with Gasteiger partial charge in [0.15, 0.2) is 0 Å². The van der Waals surface area contributed by atoms with E-state index in [2.05, 4.69) is 0 Å². The van der Waals surface area contributed by atoms with Crippen molar-refractivity contribution in [3.63, 3.8) is 0 Å². The van der Waals surface area contributed by atoms with E-state index in [0.717, 1.165) is 6.42 Å². The van der Waals surface area contributed by atoms with Gasteiger partial charge in [0.1, 0.15) is 0 Å². The first-order valence-electron chi connectivity index (χ1n) is 4.60. The summed E-state index contributed by atoms with van der Waals surface area (Å²) in [5.41, 5.74) is -0.570. The number of amides is 1. The summed E-state index contributed by atoms with van der Waals surface area (Å²) in [6.45, 7) is 7.89. The maximum absolute atomic E-state index is 11.5. The number of carbonyl (C=O) groups excluding carboxylic acids is 2. The Kier molecular flexibility index (Phi) is 4.11. The summed E-state index contributed by atoms with van der Waals surface area (Å²) < 4.78 is 0. The fourth-order valence-corrected chi connectivity index (χ4v) is 0.931. The van der Waals surface area contributed by atoms with Gasteiger partial charge in [-0.15, -0.1) is 0 Å². The SMILES string of the molecule is CCCN(C)C(=O)C(=O)C(C)(C)C. The van der Waals surface area contributed by atoms with Crippen LogP contribution in [-0.4, -0.2) is 30.2 Å². The van der Waals surface area contributed by atoms with Crippen LogP contribution in [0.5, 0.6) is 0 Å². The Hall–Kier alpha value is -0.860. The van der Waals surface area contributed by atoms with Crippen LogP contribution in [0.2, 0.25) is 0 Å². The first-order valence-corrected chi connectivity index (χ1v) is 4.60. The molecule has 0 aliphatic heterocycles. The highest BCUT2D eigenvalue weighted by Gasteiger charge is 2.29. The van der Waals surface area contributed by atoms with Crippen molar-refractivity contribution in [1.29, 1.82) is 0 Å². The number of carbonyl (C=O) groups is 2. The van der Waals surface area contributed by atoms with Gasteiger partial charge in [-0.05, 0) is 6.42 Å². The minimum absolute atomic E-state index is 0.316. The first-order chi connectivity index (χ1) is 5.80. The standard InChI is InChI=1S/C10H19NO2/c1-6-7-11(5)9(13)8(12)10(2,3)4/h6-7H2,1-5H3. The minimum atomic E-state index is -0.570. The van der Waals surface area contributed by atoms with E-state index in [-0.39, 0.29) is 11.7 Å². The average molecular weight is 185 g/mol. The highest BCUT2D eigenvalue weighted by atomic mass is 16.2. The van der Waals surface area contributed by atoms with Crippen molar-refractivity contribution in [1.82, 2.24) is 4.90 Å². The summed E-state index contributed by atoms with van der Waals surface area (Å²) >= 11 is 0. The number of Topliss-reactive ketones (excluding diaryl/α,β-unsaturated/α-hetero) is 1. The number of nitrogens with zero attached hydrogens (tertiary/aromatic N) is 1. The van der Waals surface area contributed by atoms with Crippen molar-refractivity contribution in [2.75, 3.05) is 13.6 Å². The molecule has 0 aliphatic carbocycles. The van der Waals surface area contributed by atoms with Crippen molar-refractivity contribution in [3.05, 3.63) is 0 Å². The van der Waals surface area contributed by atoms with Gasteiger partial charge in [-0.2, -0.15) is 0 Å². The molecule has 0 aromatic rings. The highest BCUT2D eigenvalue weighted by Crippen LogP contribution is 2.15. The normalized spacial score (nSPS) is 11.2. The van der Waals surface area contributed by atoms with E-state index < -0.39 is 5.41 Å². The van der Waals surface area contributed by atoms with Crippen LogP contribution >= 0.6 is 0 Å². The van der Waals surface area contributed by atoms with Crippen LogP contribution in [0.15, 0.2) is 0 Å². The van der Waals surface area contributed by atoms with E-state index in [4.69, 9.17) is 0 Å². The van der Waals surface area contributed by atoms with Gasteiger partial charge in [-0.1, -0.05) is 27.7 Å². The lowest BCUT2D eigenvalue weighted by molar-refractivity contribution is -0.147. The number of hydrogen-bond acceptors (Lipinski definition) is 2. The lowest BCUT2D eigenvalue weighted by Crippen LogP contribution is -2.39. The van der Waals surface area contributed by atoms with E-state index in [1.807, 2.05) is 6.92 Å².